The van der Waals surface area contributed by atoms with Gasteiger partial charge < -0.3 is 14.6 Å². The minimum absolute atomic E-state index is 0.301. The number of rotatable bonds is 5. The minimum atomic E-state index is -3.44. The van der Waals surface area contributed by atoms with Crippen LogP contribution in [0.15, 0.2) is 15.4 Å². The third kappa shape index (κ3) is 3.22. The van der Waals surface area contributed by atoms with E-state index in [-0.39, 0.29) is 0 Å². The lowest BCUT2D eigenvalue weighted by Crippen LogP contribution is -2.47. The van der Waals surface area contributed by atoms with Crippen molar-refractivity contribution in [3.05, 3.63) is 17.6 Å². The van der Waals surface area contributed by atoms with Gasteiger partial charge in [-0.15, -0.1) is 0 Å². The first-order chi connectivity index (χ1) is 9.45. The lowest BCUT2D eigenvalue weighted by Gasteiger charge is -2.31. The van der Waals surface area contributed by atoms with Crippen LogP contribution in [0.4, 0.5) is 0 Å². The van der Waals surface area contributed by atoms with E-state index in [0.717, 1.165) is 19.6 Å². The highest BCUT2D eigenvalue weighted by Crippen LogP contribution is 2.24. The van der Waals surface area contributed by atoms with Gasteiger partial charge in [0.05, 0.1) is 6.54 Å². The van der Waals surface area contributed by atoms with E-state index in [1.165, 1.54) is 0 Å². The number of sulfonamides is 1. The van der Waals surface area contributed by atoms with Crippen molar-refractivity contribution in [2.24, 2.45) is 0 Å². The van der Waals surface area contributed by atoms with Crippen LogP contribution in [0.25, 0.3) is 0 Å². The zero-order valence-electron chi connectivity index (χ0n) is 12.3. The number of aryl methyl sites for hydroxylation is 1. The third-order valence-corrected chi connectivity index (χ3v) is 5.56. The van der Waals surface area contributed by atoms with Crippen molar-refractivity contribution in [3.8, 4) is 0 Å². The number of hydrogen-bond acceptors (Lipinski definition) is 5. The number of likely N-dealkylation sites (N-methyl/N-ethyl adjacent to an activating group) is 1. The zero-order chi connectivity index (χ0) is 14.8. The SMILES string of the molecule is CCNCc1cc(S(=O)(=O)N2CCN(C)CC2)c(C)o1. The summed E-state index contributed by atoms with van der Waals surface area (Å²) in [5, 5.41) is 3.13. The highest BCUT2D eigenvalue weighted by molar-refractivity contribution is 7.89. The van der Waals surface area contributed by atoms with Crippen molar-refractivity contribution in [2.45, 2.75) is 25.3 Å². The first-order valence-corrected chi connectivity index (χ1v) is 8.38. The molecule has 6 nitrogen and oxygen atoms in total. The molecule has 0 aliphatic carbocycles. The summed E-state index contributed by atoms with van der Waals surface area (Å²) < 4.78 is 32.3. The van der Waals surface area contributed by atoms with Crippen molar-refractivity contribution in [3.63, 3.8) is 0 Å². The molecule has 0 spiro atoms. The third-order valence-electron chi connectivity index (χ3n) is 3.55. The molecule has 1 fully saturated rings. The summed E-state index contributed by atoms with van der Waals surface area (Å²) in [5.74, 6) is 1.13. The molecule has 1 aliphatic heterocycles. The Balaban J connectivity index is 2.18. The lowest BCUT2D eigenvalue weighted by atomic mass is 10.4. The van der Waals surface area contributed by atoms with Crippen molar-refractivity contribution >= 4 is 10.0 Å². The van der Waals surface area contributed by atoms with Crippen LogP contribution in [0, 0.1) is 6.92 Å². The van der Waals surface area contributed by atoms with E-state index in [1.807, 2.05) is 14.0 Å². The predicted octanol–water partition coefficient (Wildman–Crippen LogP) is 0.634. The standard InChI is InChI=1S/C13H23N3O3S/c1-4-14-10-12-9-13(11(2)19-12)20(17,18)16-7-5-15(3)6-8-16/h9,14H,4-8,10H2,1-3H3. The van der Waals surface area contributed by atoms with E-state index in [4.69, 9.17) is 4.42 Å². The van der Waals surface area contributed by atoms with Gasteiger partial charge in [0.2, 0.25) is 10.0 Å². The fraction of sp³-hybridized carbons (Fsp3) is 0.692. The molecule has 1 aromatic heterocycles. The van der Waals surface area contributed by atoms with Crippen molar-refractivity contribution in [2.75, 3.05) is 39.8 Å². The van der Waals surface area contributed by atoms with Crippen LogP contribution in [-0.4, -0.2) is 57.4 Å². The maximum Gasteiger partial charge on any atom is 0.246 e. The Morgan fingerprint density at radius 1 is 1.30 bits per heavy atom. The van der Waals surface area contributed by atoms with Crippen LogP contribution >= 0.6 is 0 Å². The Labute approximate surface area is 120 Å². The quantitative estimate of drug-likeness (QED) is 0.864. The van der Waals surface area contributed by atoms with Crippen LogP contribution in [-0.2, 0) is 16.6 Å². The summed E-state index contributed by atoms with van der Waals surface area (Å²) in [4.78, 5) is 2.43. The molecule has 0 aromatic carbocycles. The fourth-order valence-corrected chi connectivity index (χ4v) is 3.89. The summed E-state index contributed by atoms with van der Waals surface area (Å²) in [6, 6.07) is 1.64. The molecule has 0 unspecified atom stereocenters. The van der Waals surface area contributed by atoms with Gasteiger partial charge in [-0.05, 0) is 20.5 Å². The molecule has 20 heavy (non-hydrogen) atoms. The van der Waals surface area contributed by atoms with Crippen LogP contribution in [0.2, 0.25) is 0 Å². The van der Waals surface area contributed by atoms with Crippen LogP contribution in [0.1, 0.15) is 18.4 Å². The van der Waals surface area contributed by atoms with E-state index in [9.17, 15) is 8.42 Å². The molecule has 2 rings (SSSR count). The van der Waals surface area contributed by atoms with Gasteiger partial charge in [0, 0.05) is 32.2 Å². The smallest absolute Gasteiger partial charge is 0.246 e. The van der Waals surface area contributed by atoms with Gasteiger partial charge in [0.1, 0.15) is 16.4 Å². The largest absolute Gasteiger partial charge is 0.464 e. The Morgan fingerprint density at radius 3 is 2.55 bits per heavy atom. The van der Waals surface area contributed by atoms with Gasteiger partial charge >= 0.3 is 0 Å². The predicted molar refractivity (Wildman–Crippen MR) is 77.1 cm³/mol. The van der Waals surface area contributed by atoms with Crippen LogP contribution in [0.3, 0.4) is 0 Å². The van der Waals surface area contributed by atoms with Crippen LogP contribution < -0.4 is 5.32 Å². The first-order valence-electron chi connectivity index (χ1n) is 6.94. The van der Waals surface area contributed by atoms with Gasteiger partial charge in [0.25, 0.3) is 0 Å². The van der Waals surface area contributed by atoms with Gasteiger partial charge in [-0.25, -0.2) is 8.42 Å². The Kier molecular flexibility index (Phi) is 4.85. The second-order valence-corrected chi connectivity index (χ2v) is 7.03. The average Bonchev–Trinajstić information content (AvgIpc) is 2.79. The number of hydrogen-bond donors (Lipinski definition) is 1. The van der Waals surface area contributed by atoms with Gasteiger partial charge in [0.15, 0.2) is 0 Å². The molecule has 1 saturated heterocycles. The molecule has 0 atom stereocenters. The molecular weight excluding hydrogens is 278 g/mol. The minimum Gasteiger partial charge on any atom is -0.464 e. The molecule has 114 valence electrons. The molecule has 0 radical (unpaired) electrons. The van der Waals surface area contributed by atoms with Crippen molar-refractivity contribution in [1.29, 1.82) is 0 Å². The molecule has 0 bridgehead atoms. The Morgan fingerprint density at radius 2 is 1.95 bits per heavy atom. The summed E-state index contributed by atoms with van der Waals surface area (Å²) in [5.41, 5.74) is 0. The molecular formula is C13H23N3O3S. The Bertz CT molecular complexity index is 545. The summed E-state index contributed by atoms with van der Waals surface area (Å²) in [6.45, 7) is 7.67. The second-order valence-electron chi connectivity index (χ2n) is 5.12. The van der Waals surface area contributed by atoms with Gasteiger partial charge in [-0.1, -0.05) is 6.92 Å². The first kappa shape index (κ1) is 15.5. The molecule has 0 amide bonds. The molecule has 1 aliphatic rings. The number of piperazine rings is 1. The number of furan rings is 1. The summed E-state index contributed by atoms with van der Waals surface area (Å²) in [6.07, 6.45) is 0. The van der Waals surface area contributed by atoms with Crippen molar-refractivity contribution < 1.29 is 12.8 Å². The highest BCUT2D eigenvalue weighted by atomic mass is 32.2. The van der Waals surface area contributed by atoms with Crippen molar-refractivity contribution in [1.82, 2.24) is 14.5 Å². The van der Waals surface area contributed by atoms with E-state index >= 15 is 0 Å². The van der Waals surface area contributed by atoms with E-state index in [0.29, 0.717) is 36.1 Å². The molecule has 0 saturated carbocycles. The number of nitrogens with zero attached hydrogens (tertiary/aromatic N) is 2. The summed E-state index contributed by atoms with van der Waals surface area (Å²) in [7, 11) is -1.43. The zero-order valence-corrected chi connectivity index (χ0v) is 13.2. The monoisotopic (exact) mass is 301 g/mol. The van der Waals surface area contributed by atoms with E-state index in [1.54, 1.807) is 17.3 Å². The maximum absolute atomic E-state index is 12.6. The molecule has 1 aromatic rings. The Hall–Kier alpha value is -0.890. The number of nitrogens with one attached hydrogen (secondary N) is 1. The van der Waals surface area contributed by atoms with Gasteiger partial charge in [-0.2, -0.15) is 4.31 Å². The van der Waals surface area contributed by atoms with Gasteiger partial charge in [-0.3, -0.25) is 0 Å². The topological polar surface area (TPSA) is 65.8 Å². The normalized spacial score (nSPS) is 18.6. The molecule has 2 heterocycles. The lowest BCUT2D eigenvalue weighted by molar-refractivity contribution is 0.222. The molecule has 1 N–H and O–H groups in total. The molecule has 7 heteroatoms. The maximum atomic E-state index is 12.6. The van der Waals surface area contributed by atoms with E-state index < -0.39 is 10.0 Å². The average molecular weight is 301 g/mol. The van der Waals surface area contributed by atoms with Crippen LogP contribution in [0.5, 0.6) is 0 Å². The van der Waals surface area contributed by atoms with E-state index in [2.05, 4.69) is 10.2 Å². The second kappa shape index (κ2) is 6.26. The highest BCUT2D eigenvalue weighted by Gasteiger charge is 2.30. The fourth-order valence-electron chi connectivity index (χ4n) is 2.28. The summed E-state index contributed by atoms with van der Waals surface area (Å²) >= 11 is 0.